The molecule has 0 radical (unpaired) electrons. The van der Waals surface area contributed by atoms with Crippen molar-refractivity contribution in [3.8, 4) is 11.5 Å². The van der Waals surface area contributed by atoms with Crippen LogP contribution in [-0.4, -0.2) is 40.1 Å². The molecule has 10 heteroatoms. The zero-order valence-electron chi connectivity index (χ0n) is 16.3. The highest BCUT2D eigenvalue weighted by Crippen LogP contribution is 2.37. The van der Waals surface area contributed by atoms with E-state index >= 15 is 0 Å². The summed E-state index contributed by atoms with van der Waals surface area (Å²) in [5.41, 5.74) is 1.21. The number of amides is 2. The molecule has 2 aromatic rings. The van der Waals surface area contributed by atoms with Crippen LogP contribution in [0.4, 0.5) is 11.4 Å². The Labute approximate surface area is 174 Å². The van der Waals surface area contributed by atoms with Gasteiger partial charge in [-0.05, 0) is 42.3 Å². The fourth-order valence-electron chi connectivity index (χ4n) is 3.45. The second-order valence-corrected chi connectivity index (χ2v) is 8.94. The SMILES string of the molecule is CC(=O)Nc1ccc(S(=O)(=O)NC[C@H]2CC(=O)N(c3ccc4c(c3)OCO4)C2)cc1. The fraction of sp³-hybridized carbons (Fsp3) is 0.300. The number of rotatable bonds is 6. The molecule has 158 valence electrons. The van der Waals surface area contributed by atoms with E-state index in [1.165, 1.54) is 31.2 Å². The van der Waals surface area contributed by atoms with E-state index < -0.39 is 10.0 Å². The molecule has 0 bridgehead atoms. The molecule has 1 saturated heterocycles. The first-order chi connectivity index (χ1) is 14.3. The molecule has 4 rings (SSSR count). The maximum atomic E-state index is 12.6. The molecule has 0 aliphatic carbocycles. The van der Waals surface area contributed by atoms with Crippen molar-refractivity contribution in [2.45, 2.75) is 18.2 Å². The molecular weight excluding hydrogens is 410 g/mol. The third-order valence-electron chi connectivity index (χ3n) is 4.92. The van der Waals surface area contributed by atoms with Crippen molar-refractivity contribution in [2.75, 3.05) is 30.1 Å². The topological polar surface area (TPSA) is 114 Å². The third kappa shape index (κ3) is 4.24. The Kier molecular flexibility index (Phi) is 5.35. The molecule has 2 N–H and O–H groups in total. The van der Waals surface area contributed by atoms with Gasteiger partial charge < -0.3 is 19.7 Å². The number of hydrogen-bond donors (Lipinski definition) is 2. The van der Waals surface area contributed by atoms with Crippen LogP contribution in [-0.2, 0) is 19.6 Å². The number of anilines is 2. The number of benzene rings is 2. The smallest absolute Gasteiger partial charge is 0.240 e. The van der Waals surface area contributed by atoms with Gasteiger partial charge in [0.25, 0.3) is 0 Å². The van der Waals surface area contributed by atoms with Crippen molar-refractivity contribution in [1.82, 2.24) is 4.72 Å². The highest BCUT2D eigenvalue weighted by Gasteiger charge is 2.32. The molecule has 1 atom stereocenters. The molecule has 0 spiro atoms. The van der Waals surface area contributed by atoms with Crippen LogP contribution in [0.2, 0.25) is 0 Å². The van der Waals surface area contributed by atoms with Crippen LogP contribution in [0.1, 0.15) is 13.3 Å². The summed E-state index contributed by atoms with van der Waals surface area (Å²) in [5, 5.41) is 2.59. The van der Waals surface area contributed by atoms with Crippen LogP contribution in [0.3, 0.4) is 0 Å². The van der Waals surface area contributed by atoms with Crippen LogP contribution in [0.15, 0.2) is 47.4 Å². The van der Waals surface area contributed by atoms with Crippen LogP contribution in [0, 0.1) is 5.92 Å². The quantitative estimate of drug-likeness (QED) is 0.720. The van der Waals surface area contributed by atoms with Crippen molar-refractivity contribution in [1.29, 1.82) is 0 Å². The minimum Gasteiger partial charge on any atom is -0.454 e. The summed E-state index contributed by atoms with van der Waals surface area (Å²) in [6.07, 6.45) is 0.248. The number of fused-ring (bicyclic) bond motifs is 1. The van der Waals surface area contributed by atoms with Gasteiger partial charge in [0.1, 0.15) is 0 Å². The first-order valence-corrected chi connectivity index (χ1v) is 10.9. The van der Waals surface area contributed by atoms with Crippen molar-refractivity contribution in [3.63, 3.8) is 0 Å². The normalized spacial score (nSPS) is 18.0. The van der Waals surface area contributed by atoms with Crippen LogP contribution < -0.4 is 24.4 Å². The van der Waals surface area contributed by atoms with E-state index in [0.29, 0.717) is 29.4 Å². The number of nitrogens with one attached hydrogen (secondary N) is 2. The Hall–Kier alpha value is -3.11. The lowest BCUT2D eigenvalue weighted by Gasteiger charge is -2.17. The van der Waals surface area contributed by atoms with E-state index in [1.807, 2.05) is 0 Å². The highest BCUT2D eigenvalue weighted by molar-refractivity contribution is 7.89. The molecule has 1 fully saturated rings. The number of carbonyl (C=O) groups excluding carboxylic acids is 2. The summed E-state index contributed by atoms with van der Waals surface area (Å²) in [6.45, 7) is 2.08. The van der Waals surface area contributed by atoms with Crippen molar-refractivity contribution >= 4 is 33.2 Å². The molecule has 30 heavy (non-hydrogen) atoms. The summed E-state index contributed by atoms with van der Waals surface area (Å²) in [7, 11) is -3.73. The largest absolute Gasteiger partial charge is 0.454 e. The van der Waals surface area contributed by atoms with Gasteiger partial charge >= 0.3 is 0 Å². The number of carbonyl (C=O) groups is 2. The molecule has 2 amide bonds. The van der Waals surface area contributed by atoms with Gasteiger partial charge in [-0.3, -0.25) is 9.59 Å². The third-order valence-corrected chi connectivity index (χ3v) is 6.36. The summed E-state index contributed by atoms with van der Waals surface area (Å²) >= 11 is 0. The second kappa shape index (κ2) is 7.96. The van der Waals surface area contributed by atoms with Gasteiger partial charge in [-0.15, -0.1) is 0 Å². The first kappa shape index (κ1) is 20.2. The lowest BCUT2D eigenvalue weighted by Crippen LogP contribution is -2.31. The van der Waals surface area contributed by atoms with Crippen LogP contribution in [0.25, 0.3) is 0 Å². The van der Waals surface area contributed by atoms with Crippen LogP contribution in [0.5, 0.6) is 11.5 Å². The van der Waals surface area contributed by atoms with E-state index in [0.717, 1.165) is 0 Å². The fourth-order valence-corrected chi connectivity index (χ4v) is 4.57. The Balaban J connectivity index is 1.38. The summed E-state index contributed by atoms with van der Waals surface area (Å²) < 4.78 is 38.3. The number of ether oxygens (including phenoxy) is 2. The first-order valence-electron chi connectivity index (χ1n) is 9.39. The van der Waals surface area contributed by atoms with Gasteiger partial charge in [0.05, 0.1) is 4.90 Å². The standard InChI is InChI=1S/C20H21N3O6S/c1-13(24)22-15-2-5-17(6-3-15)30(26,27)21-10-14-8-20(25)23(11-14)16-4-7-18-19(9-16)29-12-28-18/h2-7,9,14,21H,8,10-12H2,1H3,(H,22,24)/t14-/m1/s1. The maximum Gasteiger partial charge on any atom is 0.240 e. The zero-order chi connectivity index (χ0) is 21.3. The highest BCUT2D eigenvalue weighted by atomic mass is 32.2. The van der Waals surface area contributed by atoms with E-state index in [2.05, 4.69) is 10.0 Å². The minimum absolute atomic E-state index is 0.0716. The summed E-state index contributed by atoms with van der Waals surface area (Å²) in [6, 6.07) is 11.2. The molecule has 2 heterocycles. The average Bonchev–Trinajstić information content (AvgIpc) is 3.32. The van der Waals surface area contributed by atoms with E-state index in [4.69, 9.17) is 9.47 Å². The van der Waals surface area contributed by atoms with Gasteiger partial charge in [-0.1, -0.05) is 0 Å². The van der Waals surface area contributed by atoms with Gasteiger partial charge in [0.2, 0.25) is 28.6 Å². The summed E-state index contributed by atoms with van der Waals surface area (Å²) in [5.74, 6) is 0.766. The summed E-state index contributed by atoms with van der Waals surface area (Å²) in [4.78, 5) is 25.2. The second-order valence-electron chi connectivity index (χ2n) is 7.17. The zero-order valence-corrected chi connectivity index (χ0v) is 17.1. The molecule has 2 aliphatic rings. The van der Waals surface area contributed by atoms with E-state index in [9.17, 15) is 18.0 Å². The van der Waals surface area contributed by atoms with E-state index in [1.54, 1.807) is 23.1 Å². The maximum absolute atomic E-state index is 12.6. The lowest BCUT2D eigenvalue weighted by atomic mass is 10.1. The van der Waals surface area contributed by atoms with Crippen molar-refractivity contribution in [2.24, 2.45) is 5.92 Å². The number of hydrogen-bond acceptors (Lipinski definition) is 6. The van der Waals surface area contributed by atoms with Gasteiger partial charge in [0.15, 0.2) is 11.5 Å². The van der Waals surface area contributed by atoms with Crippen molar-refractivity contribution in [3.05, 3.63) is 42.5 Å². The predicted molar refractivity (Wildman–Crippen MR) is 109 cm³/mol. The van der Waals surface area contributed by atoms with E-state index in [-0.39, 0.29) is 42.4 Å². The van der Waals surface area contributed by atoms with Gasteiger partial charge in [-0.2, -0.15) is 0 Å². The van der Waals surface area contributed by atoms with Gasteiger partial charge in [0, 0.05) is 43.9 Å². The Morgan fingerprint density at radius 2 is 1.87 bits per heavy atom. The Morgan fingerprint density at radius 1 is 1.13 bits per heavy atom. The number of nitrogens with zero attached hydrogens (tertiary/aromatic N) is 1. The Morgan fingerprint density at radius 3 is 2.60 bits per heavy atom. The molecule has 0 unspecified atom stereocenters. The Bertz CT molecular complexity index is 1080. The van der Waals surface area contributed by atoms with Crippen LogP contribution >= 0.6 is 0 Å². The average molecular weight is 431 g/mol. The minimum atomic E-state index is -3.73. The monoisotopic (exact) mass is 431 g/mol. The molecule has 2 aliphatic heterocycles. The number of sulfonamides is 1. The molecular formula is C20H21N3O6S. The molecule has 0 saturated carbocycles. The van der Waals surface area contributed by atoms with Crippen molar-refractivity contribution < 1.29 is 27.5 Å². The van der Waals surface area contributed by atoms with Gasteiger partial charge in [-0.25, -0.2) is 13.1 Å². The molecule has 2 aromatic carbocycles. The molecule has 0 aromatic heterocycles. The lowest BCUT2D eigenvalue weighted by molar-refractivity contribution is -0.117. The molecule has 9 nitrogen and oxygen atoms in total. The predicted octanol–water partition coefficient (Wildman–Crippen LogP) is 1.71.